The summed E-state index contributed by atoms with van der Waals surface area (Å²) in [7, 11) is 0. The van der Waals surface area contributed by atoms with Crippen LogP contribution >= 0.6 is 0 Å². The summed E-state index contributed by atoms with van der Waals surface area (Å²) in [5.41, 5.74) is 5.22. The zero-order valence-electron chi connectivity index (χ0n) is 16.2. The van der Waals surface area contributed by atoms with E-state index < -0.39 is 0 Å². The molecule has 1 fully saturated rings. The van der Waals surface area contributed by atoms with Crippen LogP contribution in [0.1, 0.15) is 75.8 Å². The van der Waals surface area contributed by atoms with Gasteiger partial charge >= 0.3 is 0 Å². The van der Waals surface area contributed by atoms with E-state index in [9.17, 15) is 9.59 Å². The highest BCUT2D eigenvalue weighted by molar-refractivity contribution is 6.02. The average Bonchev–Trinajstić information content (AvgIpc) is 3.18. The molecule has 0 aliphatic heterocycles. The first-order valence-corrected chi connectivity index (χ1v) is 9.39. The summed E-state index contributed by atoms with van der Waals surface area (Å²) in [6.45, 7) is 7.95. The number of carbonyl (C=O) groups excluding carboxylic acids is 2. The third-order valence-corrected chi connectivity index (χ3v) is 5.80. The first kappa shape index (κ1) is 18.4. The van der Waals surface area contributed by atoms with Gasteiger partial charge in [0.1, 0.15) is 5.69 Å². The van der Waals surface area contributed by atoms with Gasteiger partial charge in [0.25, 0.3) is 5.91 Å². The summed E-state index contributed by atoms with van der Waals surface area (Å²) < 4.78 is 0. The van der Waals surface area contributed by atoms with Gasteiger partial charge in [0, 0.05) is 23.2 Å². The molecular weight excluding hydrogens is 324 g/mol. The minimum atomic E-state index is -0.128. The Hall–Kier alpha value is -2.36. The van der Waals surface area contributed by atoms with Crippen molar-refractivity contribution in [2.75, 3.05) is 6.54 Å². The minimum absolute atomic E-state index is 0.0117. The van der Waals surface area contributed by atoms with Gasteiger partial charge in [0.05, 0.1) is 0 Å². The van der Waals surface area contributed by atoms with Crippen LogP contribution in [-0.2, 0) is 5.41 Å². The lowest BCUT2D eigenvalue weighted by Gasteiger charge is -2.30. The van der Waals surface area contributed by atoms with E-state index in [2.05, 4.69) is 41.5 Å². The number of aryl methyl sites for hydroxylation is 2. The maximum atomic E-state index is 12.8. The van der Waals surface area contributed by atoms with Gasteiger partial charge in [-0.2, -0.15) is 0 Å². The van der Waals surface area contributed by atoms with Crippen molar-refractivity contribution >= 4 is 11.7 Å². The predicted molar refractivity (Wildman–Crippen MR) is 104 cm³/mol. The molecule has 0 bridgehead atoms. The summed E-state index contributed by atoms with van der Waals surface area (Å²) >= 11 is 0. The van der Waals surface area contributed by atoms with Crippen molar-refractivity contribution in [2.45, 2.75) is 58.8 Å². The van der Waals surface area contributed by atoms with E-state index in [0.717, 1.165) is 24.1 Å². The summed E-state index contributed by atoms with van der Waals surface area (Å²) in [5.74, 6) is -0.139. The van der Waals surface area contributed by atoms with Gasteiger partial charge in [-0.05, 0) is 51.7 Å². The third-order valence-electron chi connectivity index (χ3n) is 5.80. The molecule has 1 saturated carbocycles. The molecule has 0 spiro atoms. The maximum Gasteiger partial charge on any atom is 0.268 e. The normalized spacial score (nSPS) is 15.8. The fourth-order valence-corrected chi connectivity index (χ4v) is 4.44. The molecule has 0 saturated heterocycles. The van der Waals surface area contributed by atoms with E-state index in [0.29, 0.717) is 17.8 Å². The molecule has 1 aromatic carbocycles. The summed E-state index contributed by atoms with van der Waals surface area (Å²) in [6.07, 6.45) is 4.58. The van der Waals surface area contributed by atoms with Crippen molar-refractivity contribution < 1.29 is 9.59 Å². The molecule has 1 aromatic heterocycles. The highest BCUT2D eigenvalue weighted by atomic mass is 16.2. The highest BCUT2D eigenvalue weighted by Crippen LogP contribution is 2.41. The first-order chi connectivity index (χ1) is 12.3. The van der Waals surface area contributed by atoms with Crippen molar-refractivity contribution in [3.05, 3.63) is 57.9 Å². The maximum absolute atomic E-state index is 12.8. The van der Waals surface area contributed by atoms with Gasteiger partial charge in [0.2, 0.25) is 0 Å². The lowest BCUT2D eigenvalue weighted by Crippen LogP contribution is -2.39. The molecule has 3 rings (SSSR count). The molecule has 0 unspecified atom stereocenters. The molecule has 1 aliphatic carbocycles. The first-order valence-electron chi connectivity index (χ1n) is 9.39. The fraction of sp³-hybridized carbons (Fsp3) is 0.455. The number of hydrogen-bond donors (Lipinski definition) is 2. The Morgan fingerprint density at radius 2 is 1.85 bits per heavy atom. The topological polar surface area (TPSA) is 62.0 Å². The summed E-state index contributed by atoms with van der Waals surface area (Å²) in [5, 5.41) is 3.14. The van der Waals surface area contributed by atoms with E-state index in [-0.39, 0.29) is 17.1 Å². The van der Waals surface area contributed by atoms with Gasteiger partial charge < -0.3 is 10.3 Å². The number of Topliss-reactive ketones (excluding diaryl/α,β-unsaturated/α-hetero) is 1. The minimum Gasteiger partial charge on any atom is -0.354 e. The molecule has 4 heteroatoms. The third kappa shape index (κ3) is 3.33. The molecular formula is C22H28N2O2. The van der Waals surface area contributed by atoms with Gasteiger partial charge in [-0.15, -0.1) is 0 Å². The van der Waals surface area contributed by atoms with E-state index in [1.54, 1.807) is 0 Å². The lowest BCUT2D eigenvalue weighted by atomic mass is 9.78. The van der Waals surface area contributed by atoms with Crippen LogP contribution in [0.25, 0.3) is 0 Å². The molecule has 0 radical (unpaired) electrons. The molecule has 2 aromatic rings. The number of benzene rings is 1. The summed E-state index contributed by atoms with van der Waals surface area (Å²) in [4.78, 5) is 27.7. The van der Waals surface area contributed by atoms with Gasteiger partial charge in [0.15, 0.2) is 5.78 Å². The molecule has 1 aliphatic rings. The smallest absolute Gasteiger partial charge is 0.268 e. The standard InChI is InChI=1S/C22H28N2O2/c1-14-8-7-9-18(12-14)22(10-5-6-11-22)13-23-21(26)20-15(2)19(17(4)25)16(3)24-20/h7-9,12,24H,5-6,10-11,13H2,1-4H3,(H,23,26). The van der Waals surface area contributed by atoms with Crippen molar-refractivity contribution in [3.8, 4) is 0 Å². The second-order valence-electron chi connectivity index (χ2n) is 7.72. The van der Waals surface area contributed by atoms with Crippen LogP contribution in [-0.4, -0.2) is 23.2 Å². The lowest BCUT2D eigenvalue weighted by molar-refractivity contribution is 0.0938. The molecule has 0 atom stereocenters. The number of aromatic nitrogens is 1. The van der Waals surface area contributed by atoms with E-state index in [1.807, 2.05) is 13.8 Å². The highest BCUT2D eigenvalue weighted by Gasteiger charge is 2.36. The van der Waals surface area contributed by atoms with E-state index >= 15 is 0 Å². The second kappa shape index (κ2) is 7.10. The monoisotopic (exact) mass is 352 g/mol. The van der Waals surface area contributed by atoms with Gasteiger partial charge in [-0.25, -0.2) is 0 Å². The van der Waals surface area contributed by atoms with Crippen LogP contribution in [0.3, 0.4) is 0 Å². The number of amides is 1. The molecule has 2 N–H and O–H groups in total. The van der Waals surface area contributed by atoms with E-state index in [4.69, 9.17) is 0 Å². The SMILES string of the molecule is CC(=O)c1c(C)[nH]c(C(=O)NCC2(c3cccc(C)c3)CCCC2)c1C. The van der Waals surface area contributed by atoms with Crippen LogP contribution in [0.2, 0.25) is 0 Å². The number of H-pyrrole nitrogens is 1. The average molecular weight is 352 g/mol. The summed E-state index contributed by atoms with van der Waals surface area (Å²) in [6, 6.07) is 8.64. The van der Waals surface area contributed by atoms with Gasteiger partial charge in [-0.3, -0.25) is 9.59 Å². The Labute approximate surface area is 155 Å². The van der Waals surface area contributed by atoms with Crippen LogP contribution in [0, 0.1) is 20.8 Å². The molecule has 1 heterocycles. The largest absolute Gasteiger partial charge is 0.354 e. The number of ketones is 1. The Morgan fingerprint density at radius 1 is 1.15 bits per heavy atom. The van der Waals surface area contributed by atoms with Crippen LogP contribution in [0.4, 0.5) is 0 Å². The van der Waals surface area contributed by atoms with Crippen LogP contribution in [0.15, 0.2) is 24.3 Å². The molecule has 1 amide bonds. The Balaban J connectivity index is 1.82. The zero-order chi connectivity index (χ0) is 18.9. The number of aromatic amines is 1. The Kier molecular flexibility index (Phi) is 5.03. The number of hydrogen-bond acceptors (Lipinski definition) is 2. The van der Waals surface area contributed by atoms with Crippen molar-refractivity contribution in [1.29, 1.82) is 0 Å². The Morgan fingerprint density at radius 3 is 2.42 bits per heavy atom. The van der Waals surface area contributed by atoms with Crippen molar-refractivity contribution in [3.63, 3.8) is 0 Å². The second-order valence-corrected chi connectivity index (χ2v) is 7.72. The zero-order valence-corrected chi connectivity index (χ0v) is 16.2. The predicted octanol–water partition coefficient (Wildman–Crippen LogP) is 4.38. The quantitative estimate of drug-likeness (QED) is 0.784. The number of rotatable bonds is 5. The fourth-order valence-electron chi connectivity index (χ4n) is 4.44. The number of carbonyl (C=O) groups is 2. The Bertz CT molecular complexity index is 842. The number of nitrogens with one attached hydrogen (secondary N) is 2. The van der Waals surface area contributed by atoms with Crippen molar-refractivity contribution in [2.24, 2.45) is 0 Å². The molecule has 4 nitrogen and oxygen atoms in total. The molecule has 26 heavy (non-hydrogen) atoms. The van der Waals surface area contributed by atoms with Crippen LogP contribution in [0.5, 0.6) is 0 Å². The molecule has 138 valence electrons. The van der Waals surface area contributed by atoms with Crippen LogP contribution < -0.4 is 5.32 Å². The van der Waals surface area contributed by atoms with Gasteiger partial charge in [-0.1, -0.05) is 42.7 Å². The van der Waals surface area contributed by atoms with E-state index in [1.165, 1.54) is 30.9 Å². The van der Waals surface area contributed by atoms with Crippen molar-refractivity contribution in [1.82, 2.24) is 10.3 Å².